The van der Waals surface area contributed by atoms with E-state index in [1.165, 1.54) is 4.90 Å². The van der Waals surface area contributed by atoms with Gasteiger partial charge in [-0.05, 0) is 36.9 Å². The van der Waals surface area contributed by atoms with Crippen LogP contribution in [-0.2, 0) is 14.0 Å². The van der Waals surface area contributed by atoms with Crippen molar-refractivity contribution in [2.75, 3.05) is 13.2 Å². The molecule has 1 fully saturated rings. The molecule has 0 radical (unpaired) electrons. The van der Waals surface area contributed by atoms with Crippen LogP contribution in [-0.4, -0.2) is 44.5 Å². The normalized spacial score (nSPS) is 20.1. The Morgan fingerprint density at radius 1 is 1.28 bits per heavy atom. The zero-order chi connectivity index (χ0) is 19.4. The van der Waals surface area contributed by atoms with Crippen LogP contribution < -0.4 is 0 Å². The van der Waals surface area contributed by atoms with Gasteiger partial charge in [0, 0.05) is 12.5 Å². The van der Waals surface area contributed by atoms with Gasteiger partial charge < -0.3 is 9.16 Å². The number of unbranched alkanes of at least 4 members (excludes halogenated alkanes) is 1. The van der Waals surface area contributed by atoms with E-state index in [0.29, 0.717) is 6.61 Å². The van der Waals surface area contributed by atoms with Crippen LogP contribution in [0.15, 0.2) is 0 Å². The fourth-order valence-corrected chi connectivity index (χ4v) is 3.73. The number of imide groups is 1. The maximum absolute atomic E-state index is 12.6. The molecule has 25 heavy (non-hydrogen) atoms. The Morgan fingerprint density at radius 3 is 2.40 bits per heavy atom. The van der Waals surface area contributed by atoms with Crippen molar-refractivity contribution in [3.05, 3.63) is 0 Å². The van der Waals surface area contributed by atoms with E-state index in [1.807, 2.05) is 20.8 Å². The number of nitrogens with zero attached hydrogens (tertiary/aromatic N) is 1. The molecule has 0 N–H and O–H groups in total. The summed E-state index contributed by atoms with van der Waals surface area (Å²) in [5.41, 5.74) is 0. The van der Waals surface area contributed by atoms with Gasteiger partial charge in [-0.25, -0.2) is 9.69 Å². The van der Waals surface area contributed by atoms with Crippen LogP contribution >= 0.6 is 0 Å². The first kappa shape index (κ1) is 22.2. The fraction of sp³-hybridized carbons (Fsp3) is 0.895. The second kappa shape index (κ2) is 8.67. The van der Waals surface area contributed by atoms with Gasteiger partial charge in [0.25, 0.3) is 0 Å². The monoisotopic (exact) mass is 371 g/mol. The Morgan fingerprint density at radius 2 is 1.88 bits per heavy atom. The van der Waals surface area contributed by atoms with E-state index in [9.17, 15) is 9.59 Å². The van der Waals surface area contributed by atoms with Gasteiger partial charge in [-0.2, -0.15) is 0 Å². The smallest absolute Gasteiger partial charge is 0.416 e. The topological polar surface area (TPSA) is 55.8 Å². The number of amides is 2. The van der Waals surface area contributed by atoms with Crippen molar-refractivity contribution < 1.29 is 18.8 Å². The average molecular weight is 372 g/mol. The highest BCUT2D eigenvalue weighted by molar-refractivity contribution is 6.74. The number of cyclic esters (lactones) is 1. The highest BCUT2D eigenvalue weighted by atomic mass is 28.4. The molecular weight excluding hydrogens is 334 g/mol. The fourth-order valence-electron chi connectivity index (χ4n) is 2.64. The maximum Gasteiger partial charge on any atom is 0.416 e. The summed E-state index contributed by atoms with van der Waals surface area (Å²) in [6.07, 6.45) is 2.16. The van der Waals surface area contributed by atoms with Crippen LogP contribution in [0, 0.1) is 11.8 Å². The molecule has 0 aromatic heterocycles. The molecule has 6 heteroatoms. The quantitative estimate of drug-likeness (QED) is 0.453. The standard InChI is InChI=1S/C19H37NO4Si/c1-14(2)16-13-23-18(22)20(16)17(21)15(3)11-9-10-12-24-25(7,8)19(4,5)6/h14-16H,9-13H2,1-8H3. The summed E-state index contributed by atoms with van der Waals surface area (Å²) in [4.78, 5) is 25.8. The Kier molecular flexibility index (Phi) is 7.68. The van der Waals surface area contributed by atoms with Gasteiger partial charge >= 0.3 is 6.09 Å². The van der Waals surface area contributed by atoms with Crippen LogP contribution in [0.25, 0.3) is 0 Å². The Labute approximate surface area is 154 Å². The van der Waals surface area contributed by atoms with E-state index >= 15 is 0 Å². The molecule has 0 saturated carbocycles. The molecule has 0 aromatic carbocycles. The van der Waals surface area contributed by atoms with Gasteiger partial charge in [0.1, 0.15) is 6.61 Å². The first-order chi connectivity index (χ1) is 11.4. The molecule has 1 aliphatic rings. The molecule has 2 amide bonds. The van der Waals surface area contributed by atoms with Crippen molar-refractivity contribution in [1.82, 2.24) is 4.90 Å². The molecule has 5 nitrogen and oxygen atoms in total. The molecule has 1 heterocycles. The lowest BCUT2D eigenvalue weighted by atomic mass is 9.99. The van der Waals surface area contributed by atoms with Gasteiger partial charge in [0.15, 0.2) is 8.32 Å². The zero-order valence-corrected chi connectivity index (χ0v) is 18.3. The van der Waals surface area contributed by atoms with E-state index in [4.69, 9.17) is 9.16 Å². The van der Waals surface area contributed by atoms with Crippen LogP contribution in [0.2, 0.25) is 18.1 Å². The van der Waals surface area contributed by atoms with Crippen molar-refractivity contribution in [3.63, 3.8) is 0 Å². The SMILES string of the molecule is CC(CCCCO[Si](C)(C)C(C)(C)C)C(=O)N1C(=O)OCC1C(C)C. The van der Waals surface area contributed by atoms with Gasteiger partial charge in [0.05, 0.1) is 6.04 Å². The first-order valence-corrected chi connectivity index (χ1v) is 12.4. The van der Waals surface area contributed by atoms with Crippen LogP contribution in [0.4, 0.5) is 4.79 Å². The van der Waals surface area contributed by atoms with E-state index in [0.717, 1.165) is 25.9 Å². The number of rotatable bonds is 8. The summed E-state index contributed by atoms with van der Waals surface area (Å²) in [5, 5.41) is 0.220. The molecule has 146 valence electrons. The number of carbonyl (C=O) groups excluding carboxylic acids is 2. The molecule has 1 saturated heterocycles. The summed E-state index contributed by atoms with van der Waals surface area (Å²) in [7, 11) is -1.69. The third kappa shape index (κ3) is 5.81. The van der Waals surface area contributed by atoms with Crippen LogP contribution in [0.1, 0.15) is 60.8 Å². The van der Waals surface area contributed by atoms with E-state index in [2.05, 4.69) is 33.9 Å². The lowest BCUT2D eigenvalue weighted by Crippen LogP contribution is -2.44. The number of carbonyl (C=O) groups is 2. The molecule has 2 unspecified atom stereocenters. The van der Waals surface area contributed by atoms with Gasteiger partial charge in [0.2, 0.25) is 5.91 Å². The summed E-state index contributed by atoms with van der Waals surface area (Å²) in [5.74, 6) is -0.0631. The predicted octanol–water partition coefficient (Wildman–Crippen LogP) is 4.82. The van der Waals surface area contributed by atoms with Crippen molar-refractivity contribution in [2.24, 2.45) is 11.8 Å². The van der Waals surface area contributed by atoms with E-state index in [1.54, 1.807) is 0 Å². The molecule has 2 atom stereocenters. The zero-order valence-electron chi connectivity index (χ0n) is 17.3. The summed E-state index contributed by atoms with van der Waals surface area (Å²) in [6.45, 7) is 18.2. The second-order valence-corrected chi connectivity index (χ2v) is 13.9. The lowest BCUT2D eigenvalue weighted by molar-refractivity contribution is -0.133. The molecule has 0 bridgehead atoms. The number of ether oxygens (including phenoxy) is 1. The number of hydrogen-bond donors (Lipinski definition) is 0. The van der Waals surface area contributed by atoms with Gasteiger partial charge in [-0.3, -0.25) is 4.79 Å². The first-order valence-electron chi connectivity index (χ1n) is 9.52. The minimum atomic E-state index is -1.69. The van der Waals surface area contributed by atoms with Crippen LogP contribution in [0.5, 0.6) is 0 Å². The third-order valence-electron chi connectivity index (χ3n) is 5.64. The molecule has 1 aliphatic heterocycles. The molecule has 0 spiro atoms. The number of hydrogen-bond acceptors (Lipinski definition) is 4. The van der Waals surface area contributed by atoms with Crippen molar-refractivity contribution >= 4 is 20.3 Å². The Bertz CT molecular complexity index is 471. The van der Waals surface area contributed by atoms with Gasteiger partial charge in [-0.1, -0.05) is 48.0 Å². The minimum absolute atomic E-state index is 0.105. The van der Waals surface area contributed by atoms with E-state index < -0.39 is 14.4 Å². The molecule has 1 rings (SSSR count). The third-order valence-corrected chi connectivity index (χ3v) is 10.2. The summed E-state index contributed by atoms with van der Waals surface area (Å²) < 4.78 is 11.2. The lowest BCUT2D eigenvalue weighted by Gasteiger charge is -2.36. The Hall–Kier alpha value is -0.883. The summed E-state index contributed by atoms with van der Waals surface area (Å²) >= 11 is 0. The second-order valence-electron chi connectivity index (χ2n) is 9.10. The van der Waals surface area contributed by atoms with Crippen LogP contribution in [0.3, 0.4) is 0 Å². The maximum atomic E-state index is 12.6. The molecule has 0 aliphatic carbocycles. The highest BCUT2D eigenvalue weighted by Crippen LogP contribution is 2.36. The molecular formula is C19H37NO4Si. The van der Waals surface area contributed by atoms with Crippen molar-refractivity contribution in [3.8, 4) is 0 Å². The average Bonchev–Trinajstić information content (AvgIpc) is 2.86. The van der Waals surface area contributed by atoms with Crippen molar-refractivity contribution in [1.29, 1.82) is 0 Å². The molecule has 0 aromatic rings. The van der Waals surface area contributed by atoms with E-state index in [-0.39, 0.29) is 28.8 Å². The largest absolute Gasteiger partial charge is 0.447 e. The predicted molar refractivity (Wildman–Crippen MR) is 103 cm³/mol. The summed E-state index contributed by atoms with van der Waals surface area (Å²) in [6, 6.07) is -0.135. The minimum Gasteiger partial charge on any atom is -0.447 e. The Balaban J connectivity index is 2.40. The van der Waals surface area contributed by atoms with Gasteiger partial charge in [-0.15, -0.1) is 0 Å². The van der Waals surface area contributed by atoms with Crippen molar-refractivity contribution in [2.45, 2.75) is 85.0 Å². The highest BCUT2D eigenvalue weighted by Gasteiger charge is 2.41.